The van der Waals surface area contributed by atoms with E-state index in [2.05, 4.69) is 25.6 Å². The summed E-state index contributed by atoms with van der Waals surface area (Å²) >= 11 is 5.94. The van der Waals surface area contributed by atoms with Gasteiger partial charge < -0.3 is 5.32 Å². The molecule has 5 aromatic rings. The predicted molar refractivity (Wildman–Crippen MR) is 125 cm³/mol. The number of nitrogens with one attached hydrogen (secondary N) is 1. The molecule has 0 saturated heterocycles. The maximum absolute atomic E-state index is 12.9. The first kappa shape index (κ1) is 20.9. The number of hydrogen-bond donors (Lipinski definition) is 1. The second-order valence-electron chi connectivity index (χ2n) is 7.60. The molecule has 0 fully saturated rings. The molecular formula is C23H21ClN8O. The highest BCUT2D eigenvalue weighted by molar-refractivity contribution is 6.30. The lowest BCUT2D eigenvalue weighted by atomic mass is 10.2. The second kappa shape index (κ2) is 8.51. The fraction of sp³-hybridized carbons (Fsp3) is 0.174. The summed E-state index contributed by atoms with van der Waals surface area (Å²) in [6, 6.07) is 11.1. The SMILES string of the molecule is CCn1ncc(-c2ccnc3cc(C(=O)Nc4cnn(Cc5ccc(Cl)cc5)c4)nn23)c1C. The molecule has 0 aliphatic carbocycles. The highest BCUT2D eigenvalue weighted by atomic mass is 35.5. The number of benzene rings is 1. The van der Waals surface area contributed by atoms with Crippen molar-refractivity contribution in [1.29, 1.82) is 0 Å². The Balaban J connectivity index is 1.37. The van der Waals surface area contributed by atoms with Gasteiger partial charge in [0.2, 0.25) is 0 Å². The number of hydrogen-bond acceptors (Lipinski definition) is 5. The first-order valence-corrected chi connectivity index (χ1v) is 10.9. The first-order chi connectivity index (χ1) is 16.0. The van der Waals surface area contributed by atoms with E-state index in [1.54, 1.807) is 33.9 Å². The number of rotatable bonds is 6. The molecule has 33 heavy (non-hydrogen) atoms. The summed E-state index contributed by atoms with van der Waals surface area (Å²) in [6.07, 6.45) is 6.89. The molecule has 0 atom stereocenters. The molecule has 9 nitrogen and oxygen atoms in total. The topological polar surface area (TPSA) is 94.9 Å². The highest BCUT2D eigenvalue weighted by Crippen LogP contribution is 2.24. The van der Waals surface area contributed by atoms with E-state index in [1.165, 1.54) is 0 Å². The summed E-state index contributed by atoms with van der Waals surface area (Å²) in [4.78, 5) is 17.2. The van der Waals surface area contributed by atoms with Crippen molar-refractivity contribution in [3.8, 4) is 11.3 Å². The average Bonchev–Trinajstić information content (AvgIpc) is 3.53. The van der Waals surface area contributed by atoms with Gasteiger partial charge in [-0.1, -0.05) is 23.7 Å². The molecule has 4 heterocycles. The van der Waals surface area contributed by atoms with E-state index in [0.29, 0.717) is 22.9 Å². The van der Waals surface area contributed by atoms with E-state index >= 15 is 0 Å². The molecule has 166 valence electrons. The molecule has 0 radical (unpaired) electrons. The monoisotopic (exact) mass is 460 g/mol. The van der Waals surface area contributed by atoms with E-state index in [9.17, 15) is 4.79 Å². The van der Waals surface area contributed by atoms with Crippen LogP contribution in [-0.4, -0.2) is 40.1 Å². The highest BCUT2D eigenvalue weighted by Gasteiger charge is 2.17. The van der Waals surface area contributed by atoms with Gasteiger partial charge in [0.25, 0.3) is 5.91 Å². The summed E-state index contributed by atoms with van der Waals surface area (Å²) < 4.78 is 5.33. The van der Waals surface area contributed by atoms with Gasteiger partial charge in [0.1, 0.15) is 0 Å². The second-order valence-corrected chi connectivity index (χ2v) is 8.03. The van der Waals surface area contributed by atoms with E-state index in [1.807, 2.05) is 55.1 Å². The molecule has 0 saturated carbocycles. The fourth-order valence-electron chi connectivity index (χ4n) is 3.71. The lowest BCUT2D eigenvalue weighted by Gasteiger charge is -2.04. The van der Waals surface area contributed by atoms with E-state index in [-0.39, 0.29) is 11.6 Å². The molecule has 0 unspecified atom stereocenters. The molecule has 0 aliphatic heterocycles. The van der Waals surface area contributed by atoms with Crippen LogP contribution in [0.2, 0.25) is 5.02 Å². The number of halogens is 1. The van der Waals surface area contributed by atoms with E-state index in [0.717, 1.165) is 29.1 Å². The maximum Gasteiger partial charge on any atom is 0.276 e. The van der Waals surface area contributed by atoms with Crippen molar-refractivity contribution in [2.75, 3.05) is 5.32 Å². The minimum atomic E-state index is -0.335. The molecule has 4 aromatic heterocycles. The zero-order valence-corrected chi connectivity index (χ0v) is 18.9. The van der Waals surface area contributed by atoms with Gasteiger partial charge in [0.05, 0.1) is 30.3 Å². The minimum Gasteiger partial charge on any atom is -0.318 e. The Morgan fingerprint density at radius 1 is 1.12 bits per heavy atom. The van der Waals surface area contributed by atoms with Crippen LogP contribution >= 0.6 is 11.6 Å². The van der Waals surface area contributed by atoms with Crippen molar-refractivity contribution in [2.24, 2.45) is 0 Å². The fourth-order valence-corrected chi connectivity index (χ4v) is 3.84. The maximum atomic E-state index is 12.9. The number of amides is 1. The number of fused-ring (bicyclic) bond motifs is 1. The first-order valence-electron chi connectivity index (χ1n) is 10.5. The number of aromatic nitrogens is 7. The van der Waals surface area contributed by atoms with Crippen molar-refractivity contribution in [1.82, 2.24) is 34.2 Å². The zero-order valence-electron chi connectivity index (χ0n) is 18.1. The molecule has 5 rings (SSSR count). The van der Waals surface area contributed by atoms with Crippen molar-refractivity contribution in [3.05, 3.63) is 83.2 Å². The molecule has 1 N–H and O–H groups in total. The van der Waals surface area contributed by atoms with Gasteiger partial charge in [-0.3, -0.25) is 14.2 Å². The molecule has 0 bridgehead atoms. The zero-order chi connectivity index (χ0) is 22.9. The largest absolute Gasteiger partial charge is 0.318 e. The Labute approximate surface area is 194 Å². The van der Waals surface area contributed by atoms with Crippen LogP contribution in [0.4, 0.5) is 5.69 Å². The van der Waals surface area contributed by atoms with Gasteiger partial charge in [-0.25, -0.2) is 9.50 Å². The third-order valence-corrected chi connectivity index (χ3v) is 5.67. The van der Waals surface area contributed by atoms with Crippen LogP contribution in [0.1, 0.15) is 28.7 Å². The van der Waals surface area contributed by atoms with Gasteiger partial charge in [0.15, 0.2) is 11.3 Å². The van der Waals surface area contributed by atoms with Gasteiger partial charge in [0, 0.05) is 41.3 Å². The molecular weight excluding hydrogens is 440 g/mol. The molecule has 1 amide bonds. The molecule has 0 spiro atoms. The summed E-state index contributed by atoms with van der Waals surface area (Å²) in [7, 11) is 0. The normalized spacial score (nSPS) is 11.2. The van der Waals surface area contributed by atoms with Crippen LogP contribution in [0, 0.1) is 6.92 Å². The number of aryl methyl sites for hydroxylation is 1. The molecule has 10 heteroatoms. The van der Waals surface area contributed by atoms with Gasteiger partial charge >= 0.3 is 0 Å². The standard InChI is InChI=1S/C23H21ClN8O/c1-3-31-15(2)19(12-27-31)21-8-9-25-22-10-20(29-32(21)22)23(33)28-18-11-26-30(14-18)13-16-4-6-17(24)7-5-16/h4-12,14H,3,13H2,1-2H3,(H,28,33). The van der Waals surface area contributed by atoms with Crippen molar-refractivity contribution in [3.63, 3.8) is 0 Å². The van der Waals surface area contributed by atoms with Crippen LogP contribution in [0.25, 0.3) is 16.9 Å². The molecule has 0 aliphatic rings. The Morgan fingerprint density at radius 3 is 2.70 bits per heavy atom. The van der Waals surface area contributed by atoms with Gasteiger partial charge in [-0.15, -0.1) is 0 Å². The third kappa shape index (κ3) is 4.10. The van der Waals surface area contributed by atoms with Crippen LogP contribution in [0.3, 0.4) is 0 Å². The van der Waals surface area contributed by atoms with Crippen LogP contribution in [-0.2, 0) is 13.1 Å². The number of nitrogens with zero attached hydrogens (tertiary/aromatic N) is 7. The van der Waals surface area contributed by atoms with Crippen molar-refractivity contribution in [2.45, 2.75) is 26.9 Å². The summed E-state index contributed by atoms with van der Waals surface area (Å²) in [6.45, 7) is 5.40. The van der Waals surface area contributed by atoms with Crippen molar-refractivity contribution >= 4 is 28.8 Å². The van der Waals surface area contributed by atoms with Gasteiger partial charge in [-0.2, -0.15) is 15.3 Å². The summed E-state index contributed by atoms with van der Waals surface area (Å²) in [5.74, 6) is -0.335. The average molecular weight is 461 g/mol. The van der Waals surface area contributed by atoms with Crippen molar-refractivity contribution < 1.29 is 4.79 Å². The van der Waals surface area contributed by atoms with Crippen LogP contribution in [0.15, 0.2) is 61.2 Å². The predicted octanol–water partition coefficient (Wildman–Crippen LogP) is 4.07. The number of anilines is 1. The lowest BCUT2D eigenvalue weighted by Crippen LogP contribution is -2.12. The summed E-state index contributed by atoms with van der Waals surface area (Å²) in [5, 5.41) is 16.8. The quantitative estimate of drug-likeness (QED) is 0.412. The Bertz CT molecular complexity index is 1450. The summed E-state index contributed by atoms with van der Waals surface area (Å²) in [5.41, 5.74) is 5.29. The smallest absolute Gasteiger partial charge is 0.276 e. The minimum absolute atomic E-state index is 0.265. The molecule has 1 aromatic carbocycles. The van der Waals surface area contributed by atoms with Crippen LogP contribution in [0.5, 0.6) is 0 Å². The third-order valence-electron chi connectivity index (χ3n) is 5.42. The Morgan fingerprint density at radius 2 is 1.94 bits per heavy atom. The van der Waals surface area contributed by atoms with Gasteiger partial charge in [-0.05, 0) is 37.6 Å². The number of carbonyl (C=O) groups is 1. The van der Waals surface area contributed by atoms with Crippen LogP contribution < -0.4 is 5.32 Å². The number of carbonyl (C=O) groups excluding carboxylic acids is 1. The van der Waals surface area contributed by atoms with E-state index < -0.39 is 0 Å². The lowest BCUT2D eigenvalue weighted by molar-refractivity contribution is 0.102. The Hall–Kier alpha value is -3.98. The Kier molecular flexibility index (Phi) is 5.39. The van der Waals surface area contributed by atoms with E-state index in [4.69, 9.17) is 11.6 Å².